The van der Waals surface area contributed by atoms with Gasteiger partial charge in [0.1, 0.15) is 0 Å². The Morgan fingerprint density at radius 3 is 2.62 bits per heavy atom. The van der Waals surface area contributed by atoms with Gasteiger partial charge in [0.05, 0.1) is 34.4 Å². The van der Waals surface area contributed by atoms with Crippen LogP contribution in [0.5, 0.6) is 0 Å². The van der Waals surface area contributed by atoms with Crippen LogP contribution in [0.1, 0.15) is 22.8 Å². The van der Waals surface area contributed by atoms with Gasteiger partial charge in [-0.05, 0) is 32.0 Å². The maximum atomic E-state index is 12.9. The molecule has 0 unspecified atom stereocenters. The fraction of sp³-hybridized carbons (Fsp3) is 0.368. The average molecular weight is 435 g/mol. The molecule has 1 aliphatic rings. The Bertz CT molecular complexity index is 1180. The van der Waals surface area contributed by atoms with E-state index in [-0.39, 0.29) is 18.0 Å². The summed E-state index contributed by atoms with van der Waals surface area (Å²) in [6.07, 6.45) is 0.232. The number of aryl methyl sites for hydroxylation is 2. The molecule has 3 heterocycles. The minimum atomic E-state index is -0.151. The van der Waals surface area contributed by atoms with Crippen molar-refractivity contribution in [2.24, 2.45) is 7.05 Å². The lowest BCUT2D eigenvalue weighted by Gasteiger charge is -2.26. The van der Waals surface area contributed by atoms with E-state index >= 15 is 0 Å². The first-order chi connectivity index (χ1) is 13.8. The predicted octanol–water partition coefficient (Wildman–Crippen LogP) is 2.28. The first kappa shape index (κ1) is 19.7. The lowest BCUT2D eigenvalue weighted by Crippen LogP contribution is -2.41. The number of carbonyl (C=O) groups is 1. The van der Waals surface area contributed by atoms with Gasteiger partial charge < -0.3 is 4.90 Å². The van der Waals surface area contributed by atoms with Crippen molar-refractivity contribution in [3.8, 4) is 5.69 Å². The lowest BCUT2D eigenvalue weighted by atomic mass is 10.1. The minimum absolute atomic E-state index is 0.0192. The first-order valence-corrected chi connectivity index (χ1v) is 9.93. The highest BCUT2D eigenvalue weighted by atomic mass is 35.5. The summed E-state index contributed by atoms with van der Waals surface area (Å²) in [5, 5.41) is 9.73. The van der Waals surface area contributed by atoms with Gasteiger partial charge in [0.15, 0.2) is 5.82 Å². The topological polar surface area (TPSA) is 78.0 Å². The van der Waals surface area contributed by atoms with Crippen LogP contribution in [-0.4, -0.2) is 41.5 Å². The number of nitrogens with zero attached hydrogens (tertiary/aromatic N) is 6. The van der Waals surface area contributed by atoms with Gasteiger partial charge >= 0.3 is 5.69 Å². The van der Waals surface area contributed by atoms with Crippen molar-refractivity contribution >= 4 is 29.1 Å². The molecular formula is C19H20Cl2N6O2. The summed E-state index contributed by atoms with van der Waals surface area (Å²) in [4.78, 5) is 26.7. The number of benzene rings is 1. The van der Waals surface area contributed by atoms with E-state index in [1.54, 1.807) is 33.3 Å². The molecule has 1 aliphatic heterocycles. The van der Waals surface area contributed by atoms with Gasteiger partial charge in [-0.1, -0.05) is 23.2 Å². The Labute approximate surface area is 177 Å². The molecule has 0 fully saturated rings. The normalized spacial score (nSPS) is 13.6. The maximum absolute atomic E-state index is 12.9. The predicted molar refractivity (Wildman–Crippen MR) is 110 cm³/mol. The largest absolute Gasteiger partial charge is 0.345 e. The summed E-state index contributed by atoms with van der Waals surface area (Å²) in [5.41, 5.74) is 3.18. The van der Waals surface area contributed by atoms with E-state index in [0.717, 1.165) is 22.6 Å². The van der Waals surface area contributed by atoms with E-state index in [1.165, 1.54) is 4.68 Å². The highest BCUT2D eigenvalue weighted by Crippen LogP contribution is 2.26. The van der Waals surface area contributed by atoms with E-state index in [1.807, 2.05) is 19.9 Å². The van der Waals surface area contributed by atoms with E-state index in [4.69, 9.17) is 23.2 Å². The minimum Gasteiger partial charge on any atom is -0.333 e. The molecule has 1 aromatic carbocycles. The molecule has 0 bridgehead atoms. The second-order valence-corrected chi connectivity index (χ2v) is 7.94. The summed E-state index contributed by atoms with van der Waals surface area (Å²) in [6.45, 7) is 5.08. The number of carbonyl (C=O) groups excluding carboxylic acids is 1. The molecule has 10 heteroatoms. The number of hydrogen-bond donors (Lipinski definition) is 0. The molecule has 4 rings (SSSR count). The van der Waals surface area contributed by atoms with Gasteiger partial charge in [-0.25, -0.2) is 14.2 Å². The summed E-state index contributed by atoms with van der Waals surface area (Å²) in [7, 11) is 1.62. The number of rotatable bonds is 3. The quantitative estimate of drug-likeness (QED) is 0.633. The van der Waals surface area contributed by atoms with Crippen LogP contribution in [0, 0.1) is 13.8 Å². The van der Waals surface area contributed by atoms with Crippen LogP contribution < -0.4 is 5.69 Å². The van der Waals surface area contributed by atoms with Gasteiger partial charge in [-0.2, -0.15) is 10.2 Å². The molecule has 152 valence electrons. The Kier molecular flexibility index (Phi) is 5.00. The van der Waals surface area contributed by atoms with Crippen molar-refractivity contribution in [2.75, 3.05) is 6.54 Å². The van der Waals surface area contributed by atoms with Crippen molar-refractivity contribution < 1.29 is 4.79 Å². The van der Waals surface area contributed by atoms with Crippen LogP contribution in [-0.2, 0) is 31.4 Å². The lowest BCUT2D eigenvalue weighted by molar-refractivity contribution is -0.132. The highest BCUT2D eigenvalue weighted by Gasteiger charge is 2.26. The van der Waals surface area contributed by atoms with Crippen LogP contribution in [0.2, 0.25) is 10.0 Å². The van der Waals surface area contributed by atoms with E-state index in [0.29, 0.717) is 35.5 Å². The zero-order valence-corrected chi connectivity index (χ0v) is 17.8. The molecule has 0 aliphatic carbocycles. The molecule has 0 saturated heterocycles. The zero-order valence-electron chi connectivity index (χ0n) is 16.3. The van der Waals surface area contributed by atoms with Crippen LogP contribution >= 0.6 is 23.2 Å². The molecule has 29 heavy (non-hydrogen) atoms. The number of hydrogen-bond acceptors (Lipinski definition) is 4. The molecule has 0 saturated carbocycles. The second-order valence-electron chi connectivity index (χ2n) is 7.13. The van der Waals surface area contributed by atoms with E-state index < -0.39 is 0 Å². The summed E-state index contributed by atoms with van der Waals surface area (Å²) >= 11 is 12.1. The molecule has 0 spiro atoms. The van der Waals surface area contributed by atoms with Crippen molar-refractivity contribution in [1.82, 2.24) is 29.0 Å². The van der Waals surface area contributed by atoms with Crippen molar-refractivity contribution in [3.63, 3.8) is 0 Å². The summed E-state index contributed by atoms with van der Waals surface area (Å²) in [6, 6.07) is 5.31. The van der Waals surface area contributed by atoms with E-state index in [9.17, 15) is 9.59 Å². The fourth-order valence-corrected chi connectivity index (χ4v) is 3.93. The van der Waals surface area contributed by atoms with Gasteiger partial charge in [0.2, 0.25) is 5.91 Å². The maximum Gasteiger partial charge on any atom is 0.345 e. The Hall–Kier alpha value is -2.58. The van der Waals surface area contributed by atoms with Gasteiger partial charge in [-0.3, -0.25) is 9.36 Å². The molecule has 0 N–H and O–H groups in total. The fourth-order valence-electron chi connectivity index (χ4n) is 3.64. The Morgan fingerprint density at radius 1 is 1.14 bits per heavy atom. The smallest absolute Gasteiger partial charge is 0.333 e. The number of aromatic nitrogens is 5. The van der Waals surface area contributed by atoms with Gasteiger partial charge in [0, 0.05) is 31.4 Å². The van der Waals surface area contributed by atoms with Gasteiger partial charge in [0.25, 0.3) is 0 Å². The third kappa shape index (κ3) is 3.47. The number of halogens is 2. The van der Waals surface area contributed by atoms with Crippen LogP contribution in [0.3, 0.4) is 0 Å². The molecular weight excluding hydrogens is 415 g/mol. The molecule has 0 atom stereocenters. The van der Waals surface area contributed by atoms with Crippen molar-refractivity contribution in [1.29, 1.82) is 0 Å². The van der Waals surface area contributed by atoms with Crippen LogP contribution in [0.15, 0.2) is 23.0 Å². The monoisotopic (exact) mass is 434 g/mol. The third-order valence-electron chi connectivity index (χ3n) is 5.28. The SMILES string of the molecule is Cc1nn(-c2ccc(Cl)c(Cl)c2)c(C)c1CC(=O)N1CCn2c(nn(C)c2=O)C1. The molecule has 1 amide bonds. The Morgan fingerprint density at radius 2 is 1.90 bits per heavy atom. The van der Waals surface area contributed by atoms with Crippen molar-refractivity contribution in [2.45, 2.75) is 33.4 Å². The van der Waals surface area contributed by atoms with Crippen molar-refractivity contribution in [3.05, 3.63) is 61.5 Å². The summed E-state index contributed by atoms with van der Waals surface area (Å²) in [5.74, 6) is 0.589. The molecule has 8 nitrogen and oxygen atoms in total. The van der Waals surface area contributed by atoms with Crippen LogP contribution in [0.4, 0.5) is 0 Å². The molecule has 3 aromatic rings. The zero-order chi connectivity index (χ0) is 20.9. The highest BCUT2D eigenvalue weighted by molar-refractivity contribution is 6.42. The molecule has 0 radical (unpaired) electrons. The molecule has 2 aromatic heterocycles. The first-order valence-electron chi connectivity index (χ1n) is 9.17. The second kappa shape index (κ2) is 7.35. The Balaban J connectivity index is 1.57. The number of amides is 1. The van der Waals surface area contributed by atoms with Gasteiger partial charge in [-0.15, -0.1) is 0 Å². The summed E-state index contributed by atoms with van der Waals surface area (Å²) < 4.78 is 4.69. The average Bonchev–Trinajstić information content (AvgIpc) is 3.13. The standard InChI is InChI=1S/C19H20Cl2N6O2/c1-11-14(12(2)27(22-11)13-4-5-15(20)16(21)8-13)9-18(28)25-6-7-26-17(10-25)23-24(3)19(26)29/h4-5,8H,6-7,9-10H2,1-3H3. The van der Waals surface area contributed by atoms with Crippen LogP contribution in [0.25, 0.3) is 5.69 Å². The van der Waals surface area contributed by atoms with E-state index in [2.05, 4.69) is 10.2 Å². The third-order valence-corrected chi connectivity index (χ3v) is 6.02. The number of fused-ring (bicyclic) bond motifs is 1.